The van der Waals surface area contributed by atoms with Gasteiger partial charge in [-0.1, -0.05) is 91.0 Å². The van der Waals surface area contributed by atoms with Crippen LogP contribution in [-0.2, 0) is 0 Å². The van der Waals surface area contributed by atoms with E-state index in [9.17, 15) is 0 Å². The molecular weight excluding hydrogens is 314 g/mol. The van der Waals surface area contributed by atoms with Gasteiger partial charge in [-0.25, -0.2) is 4.98 Å². The highest BCUT2D eigenvalue weighted by molar-refractivity contribution is 6.09. The summed E-state index contributed by atoms with van der Waals surface area (Å²) < 4.78 is 0. The maximum atomic E-state index is 4.99. The molecule has 26 heavy (non-hydrogen) atoms. The third-order valence-corrected chi connectivity index (χ3v) is 4.84. The second kappa shape index (κ2) is 6.12. The molecule has 0 saturated carbocycles. The van der Waals surface area contributed by atoms with Crippen molar-refractivity contribution in [1.29, 1.82) is 0 Å². The van der Waals surface area contributed by atoms with Crippen LogP contribution in [0.4, 0.5) is 0 Å². The summed E-state index contributed by atoms with van der Waals surface area (Å²) in [6, 6.07) is 36.0. The Labute approximate surface area is 152 Å². The molecule has 3 aromatic rings. The highest BCUT2D eigenvalue weighted by Gasteiger charge is 2.16. The van der Waals surface area contributed by atoms with Gasteiger partial charge in [0.25, 0.3) is 0 Å². The summed E-state index contributed by atoms with van der Waals surface area (Å²) in [7, 11) is 0. The molecule has 0 spiro atoms. The van der Waals surface area contributed by atoms with Crippen molar-refractivity contribution in [2.24, 2.45) is 0 Å². The van der Waals surface area contributed by atoms with Gasteiger partial charge in [0.2, 0.25) is 0 Å². The minimum absolute atomic E-state index is 1.01. The molecule has 0 bridgehead atoms. The smallest absolute Gasteiger partial charge is 0.0728 e. The predicted molar refractivity (Wildman–Crippen MR) is 109 cm³/mol. The third kappa shape index (κ3) is 2.46. The molecule has 122 valence electrons. The molecule has 2 aliphatic rings. The summed E-state index contributed by atoms with van der Waals surface area (Å²) in [6.45, 7) is 0. The Morgan fingerprint density at radius 2 is 1.04 bits per heavy atom. The first-order chi connectivity index (χ1) is 12.9. The molecule has 0 amide bonds. The first kappa shape index (κ1) is 14.9. The van der Waals surface area contributed by atoms with E-state index < -0.39 is 0 Å². The lowest BCUT2D eigenvalue weighted by atomic mass is 9.98. The fourth-order valence-corrected chi connectivity index (χ4v) is 3.62. The Balaban J connectivity index is 1.89. The minimum atomic E-state index is 1.01. The number of fused-ring (bicyclic) bond motifs is 3. The highest BCUT2D eigenvalue weighted by atomic mass is 14.7. The van der Waals surface area contributed by atoms with E-state index in [4.69, 9.17) is 4.98 Å². The average molecular weight is 331 g/mol. The fraction of sp³-hybridized carbons (Fsp3) is 0. The molecule has 2 aliphatic carbocycles. The van der Waals surface area contributed by atoms with Crippen LogP contribution in [0.2, 0.25) is 0 Å². The molecule has 0 N–H and O–H groups in total. The van der Waals surface area contributed by atoms with Crippen molar-refractivity contribution < 1.29 is 0 Å². The maximum absolute atomic E-state index is 4.99. The Morgan fingerprint density at radius 3 is 1.73 bits per heavy atom. The third-order valence-electron chi connectivity index (χ3n) is 4.84. The molecule has 1 heterocycles. The molecular formula is C25H17N. The largest absolute Gasteiger partial charge is 0.248 e. The van der Waals surface area contributed by atoms with E-state index in [0.29, 0.717) is 0 Å². The van der Waals surface area contributed by atoms with Crippen molar-refractivity contribution in [3.8, 4) is 33.5 Å². The van der Waals surface area contributed by atoms with Crippen molar-refractivity contribution in [2.75, 3.05) is 0 Å². The van der Waals surface area contributed by atoms with Gasteiger partial charge >= 0.3 is 0 Å². The first-order valence-corrected chi connectivity index (χ1v) is 8.83. The lowest BCUT2D eigenvalue weighted by Gasteiger charge is -2.09. The van der Waals surface area contributed by atoms with Crippen LogP contribution in [0.3, 0.4) is 0 Å². The molecule has 2 aromatic carbocycles. The molecule has 1 aromatic heterocycles. The standard InChI is InChI=1S/C25H17N/c1-4-10-18(11-5-1)22-17-23(19-12-6-2-7-13-19)26-24-16-20-14-8-3-9-15-21(20)25(22)24/h1-17H. The zero-order valence-corrected chi connectivity index (χ0v) is 14.3. The number of rotatable bonds is 2. The average Bonchev–Trinajstić information content (AvgIpc) is 2.89. The van der Waals surface area contributed by atoms with Crippen LogP contribution in [0, 0.1) is 0 Å². The van der Waals surface area contributed by atoms with Crippen molar-refractivity contribution in [1.82, 2.24) is 4.98 Å². The van der Waals surface area contributed by atoms with E-state index in [1.165, 1.54) is 27.6 Å². The van der Waals surface area contributed by atoms with Gasteiger partial charge in [0.05, 0.1) is 11.2 Å². The minimum Gasteiger partial charge on any atom is -0.248 e. The van der Waals surface area contributed by atoms with Crippen molar-refractivity contribution in [2.45, 2.75) is 0 Å². The van der Waals surface area contributed by atoms with Gasteiger partial charge in [0.15, 0.2) is 0 Å². The van der Waals surface area contributed by atoms with Crippen LogP contribution in [0.25, 0.3) is 44.4 Å². The van der Waals surface area contributed by atoms with Crippen LogP contribution in [0.5, 0.6) is 0 Å². The lowest BCUT2D eigenvalue weighted by molar-refractivity contribution is 1.41. The van der Waals surface area contributed by atoms with E-state index >= 15 is 0 Å². The molecule has 0 unspecified atom stereocenters. The fourth-order valence-electron chi connectivity index (χ4n) is 3.62. The molecule has 0 atom stereocenters. The van der Waals surface area contributed by atoms with Gasteiger partial charge in [-0.3, -0.25) is 0 Å². The molecule has 0 saturated heterocycles. The summed E-state index contributed by atoms with van der Waals surface area (Å²) >= 11 is 0. The SMILES string of the molecule is c1ccc(-c2cc(-c3ccccc3)c3c4cccccc-4cc3n2)cc1. The molecule has 1 nitrogen and oxygen atoms in total. The number of hydrogen-bond donors (Lipinski definition) is 0. The quantitative estimate of drug-likeness (QED) is 0.352. The van der Waals surface area contributed by atoms with Crippen LogP contribution >= 0.6 is 0 Å². The van der Waals surface area contributed by atoms with Crippen LogP contribution in [0.1, 0.15) is 0 Å². The van der Waals surface area contributed by atoms with Crippen LogP contribution in [0.15, 0.2) is 103 Å². The zero-order chi connectivity index (χ0) is 17.3. The molecule has 0 radical (unpaired) electrons. The number of pyridine rings is 1. The van der Waals surface area contributed by atoms with Crippen molar-refractivity contribution in [3.05, 3.63) is 103 Å². The van der Waals surface area contributed by atoms with Crippen molar-refractivity contribution >= 4 is 10.9 Å². The van der Waals surface area contributed by atoms with Gasteiger partial charge < -0.3 is 0 Å². The highest BCUT2D eigenvalue weighted by Crippen LogP contribution is 2.40. The van der Waals surface area contributed by atoms with E-state index in [2.05, 4.69) is 97.1 Å². The number of nitrogens with zero attached hydrogens (tertiary/aromatic N) is 1. The second-order valence-corrected chi connectivity index (χ2v) is 6.47. The number of benzene rings is 2. The summed E-state index contributed by atoms with van der Waals surface area (Å²) in [4.78, 5) is 4.99. The Morgan fingerprint density at radius 1 is 0.462 bits per heavy atom. The van der Waals surface area contributed by atoms with Gasteiger partial charge in [0, 0.05) is 10.9 Å². The van der Waals surface area contributed by atoms with Gasteiger partial charge in [-0.15, -0.1) is 0 Å². The first-order valence-electron chi connectivity index (χ1n) is 8.83. The molecule has 0 fully saturated rings. The molecule has 5 rings (SSSR count). The summed E-state index contributed by atoms with van der Waals surface area (Å²) in [5.41, 5.74) is 8.12. The number of aromatic nitrogens is 1. The predicted octanol–water partition coefficient (Wildman–Crippen LogP) is 6.67. The normalized spacial score (nSPS) is 11.1. The van der Waals surface area contributed by atoms with Crippen molar-refractivity contribution in [3.63, 3.8) is 0 Å². The Bertz CT molecular complexity index is 1160. The van der Waals surface area contributed by atoms with Crippen LogP contribution in [-0.4, -0.2) is 4.98 Å². The summed E-state index contributed by atoms with van der Waals surface area (Å²) in [5.74, 6) is 0. The molecule has 1 heteroatoms. The van der Waals surface area contributed by atoms with E-state index in [-0.39, 0.29) is 0 Å². The lowest BCUT2D eigenvalue weighted by Crippen LogP contribution is -1.88. The Kier molecular flexibility index (Phi) is 3.50. The van der Waals surface area contributed by atoms with Gasteiger partial charge in [-0.2, -0.15) is 0 Å². The molecule has 0 aliphatic heterocycles. The topological polar surface area (TPSA) is 12.9 Å². The number of hydrogen-bond acceptors (Lipinski definition) is 1. The van der Waals surface area contributed by atoms with E-state index in [0.717, 1.165) is 16.8 Å². The zero-order valence-electron chi connectivity index (χ0n) is 14.3. The van der Waals surface area contributed by atoms with E-state index in [1.807, 2.05) is 6.07 Å². The van der Waals surface area contributed by atoms with E-state index in [1.54, 1.807) is 0 Å². The second-order valence-electron chi connectivity index (χ2n) is 6.47. The summed E-state index contributed by atoms with van der Waals surface area (Å²) in [6.07, 6.45) is 0. The van der Waals surface area contributed by atoms with Gasteiger partial charge in [-0.05, 0) is 34.4 Å². The Hall–Kier alpha value is -3.45. The monoisotopic (exact) mass is 331 g/mol. The summed E-state index contributed by atoms with van der Waals surface area (Å²) in [5, 5.41) is 1.22. The maximum Gasteiger partial charge on any atom is 0.0728 e. The van der Waals surface area contributed by atoms with Gasteiger partial charge in [0.1, 0.15) is 0 Å². The van der Waals surface area contributed by atoms with Crippen LogP contribution < -0.4 is 0 Å².